The lowest BCUT2D eigenvalue weighted by molar-refractivity contribution is 0.199. The summed E-state index contributed by atoms with van der Waals surface area (Å²) in [5, 5.41) is 1.42. The van der Waals surface area contributed by atoms with E-state index >= 15 is 0 Å². The van der Waals surface area contributed by atoms with Crippen LogP contribution < -0.4 is 10.6 Å². The van der Waals surface area contributed by atoms with Gasteiger partial charge in [0.1, 0.15) is 26.4 Å². The number of ether oxygens (including phenoxy) is 2. The molecule has 4 heteroatoms. The highest BCUT2D eigenvalue weighted by molar-refractivity contribution is 7.83. The number of hydrogen-bond donors (Lipinski definition) is 0. The zero-order valence-corrected chi connectivity index (χ0v) is 15.2. The Morgan fingerprint density at radius 1 is 0.731 bits per heavy atom. The summed E-state index contributed by atoms with van der Waals surface area (Å²) in [5.41, 5.74) is 2.93. The molecule has 2 rings (SSSR count). The monoisotopic (exact) mass is 362 g/mol. The second-order valence-electron chi connectivity index (χ2n) is 5.11. The molecule has 0 bridgehead atoms. The van der Waals surface area contributed by atoms with Crippen LogP contribution >= 0.6 is 7.14 Å². The Hall–Kier alpha value is -2.73. The lowest BCUT2D eigenvalue weighted by Crippen LogP contribution is -2.14. The highest BCUT2D eigenvalue weighted by Crippen LogP contribution is 2.41. The van der Waals surface area contributed by atoms with Gasteiger partial charge in [-0.05, 0) is 5.66 Å². The van der Waals surface area contributed by atoms with Gasteiger partial charge in [-0.25, -0.2) is 0 Å². The molecule has 0 amide bonds. The molecule has 0 unspecified atom stereocenters. The predicted octanol–water partition coefficient (Wildman–Crippen LogP) is 2.63. The first kappa shape index (κ1) is 19.6. The molecule has 0 aliphatic carbocycles. The van der Waals surface area contributed by atoms with Gasteiger partial charge in [0, 0.05) is 10.6 Å². The second kappa shape index (κ2) is 11.0. The van der Waals surface area contributed by atoms with Crippen LogP contribution in [-0.2, 0) is 14.0 Å². The van der Waals surface area contributed by atoms with Gasteiger partial charge in [-0.2, -0.15) is 0 Å². The van der Waals surface area contributed by atoms with Crippen molar-refractivity contribution in [2.24, 2.45) is 0 Å². The second-order valence-corrected chi connectivity index (χ2v) is 7.59. The van der Waals surface area contributed by atoms with Crippen LogP contribution in [0.25, 0.3) is 0 Å². The molecule has 0 spiro atoms. The standard InChI is InChI=1S/C22H19O3P/c1-2-16-24-17-9-10-18-25-19-11-20-26(23,21-12-5-3-6-13-21)22-14-7-4-8-15-22/h1,3-8,12-15H,16-19H2. The maximum Gasteiger partial charge on any atom is 0.210 e. The molecular weight excluding hydrogens is 343 g/mol. The molecule has 26 heavy (non-hydrogen) atoms. The number of terminal acetylenes is 1. The first-order valence-corrected chi connectivity index (χ1v) is 9.74. The van der Waals surface area contributed by atoms with Crippen LogP contribution in [-0.4, -0.2) is 26.4 Å². The first-order chi connectivity index (χ1) is 12.8. The SMILES string of the molecule is C#CCOCC#CCOCC#CP(=O)(c1ccccc1)c1ccccc1. The van der Waals surface area contributed by atoms with E-state index in [0.717, 1.165) is 0 Å². The lowest BCUT2D eigenvalue weighted by Gasteiger charge is -2.12. The van der Waals surface area contributed by atoms with Crippen LogP contribution in [0.3, 0.4) is 0 Å². The minimum atomic E-state index is -3.01. The Balaban J connectivity index is 2.01. The fourth-order valence-corrected chi connectivity index (χ4v) is 4.14. The van der Waals surface area contributed by atoms with E-state index in [0.29, 0.717) is 10.6 Å². The number of hydrogen-bond acceptors (Lipinski definition) is 3. The largest absolute Gasteiger partial charge is 0.356 e. The maximum atomic E-state index is 13.6. The van der Waals surface area contributed by atoms with Crippen molar-refractivity contribution in [1.82, 2.24) is 0 Å². The molecule has 0 aliphatic heterocycles. The Bertz CT molecular complexity index is 847. The average Bonchev–Trinajstić information content (AvgIpc) is 2.70. The third-order valence-corrected chi connectivity index (χ3v) is 5.83. The zero-order chi connectivity index (χ0) is 18.5. The van der Waals surface area contributed by atoms with Gasteiger partial charge in [-0.3, -0.25) is 4.57 Å². The lowest BCUT2D eigenvalue weighted by atomic mass is 10.4. The van der Waals surface area contributed by atoms with Crippen LogP contribution in [0.4, 0.5) is 0 Å². The van der Waals surface area contributed by atoms with Crippen LogP contribution in [0.15, 0.2) is 60.7 Å². The van der Waals surface area contributed by atoms with Crippen LogP contribution in [0, 0.1) is 35.8 Å². The van der Waals surface area contributed by atoms with Gasteiger partial charge >= 0.3 is 0 Å². The smallest absolute Gasteiger partial charge is 0.210 e. The zero-order valence-electron chi connectivity index (χ0n) is 14.4. The van der Waals surface area contributed by atoms with Gasteiger partial charge in [0.15, 0.2) is 0 Å². The summed E-state index contributed by atoms with van der Waals surface area (Å²) < 4.78 is 23.9. The van der Waals surface area contributed by atoms with E-state index in [4.69, 9.17) is 15.9 Å². The molecule has 0 fully saturated rings. The van der Waals surface area contributed by atoms with Gasteiger partial charge in [0.05, 0.1) is 0 Å². The van der Waals surface area contributed by atoms with E-state index in [1.54, 1.807) is 0 Å². The summed E-state index contributed by atoms with van der Waals surface area (Å²) in [6, 6.07) is 18.6. The van der Waals surface area contributed by atoms with E-state index in [1.165, 1.54) is 0 Å². The molecule has 0 atom stereocenters. The minimum Gasteiger partial charge on any atom is -0.356 e. The third kappa shape index (κ3) is 5.97. The molecule has 0 saturated carbocycles. The third-order valence-electron chi connectivity index (χ3n) is 3.31. The topological polar surface area (TPSA) is 35.5 Å². The summed E-state index contributed by atoms with van der Waals surface area (Å²) in [4.78, 5) is 0. The number of benzene rings is 2. The van der Waals surface area contributed by atoms with Gasteiger partial charge < -0.3 is 9.47 Å². The van der Waals surface area contributed by atoms with Crippen molar-refractivity contribution in [3.05, 3.63) is 60.7 Å². The van der Waals surface area contributed by atoms with Crippen LogP contribution in [0.1, 0.15) is 0 Å². The molecule has 0 N–H and O–H groups in total. The van der Waals surface area contributed by atoms with Crippen LogP contribution in [0.2, 0.25) is 0 Å². The van der Waals surface area contributed by atoms with Crippen molar-refractivity contribution >= 4 is 17.8 Å². The summed E-state index contributed by atoms with van der Waals surface area (Å²) in [5.74, 6) is 10.8. The van der Waals surface area contributed by atoms with Crippen molar-refractivity contribution in [1.29, 1.82) is 0 Å². The Morgan fingerprint density at radius 3 is 1.69 bits per heavy atom. The van der Waals surface area contributed by atoms with Crippen molar-refractivity contribution in [3.8, 4) is 35.8 Å². The number of rotatable bonds is 6. The van der Waals surface area contributed by atoms with Crippen molar-refractivity contribution < 1.29 is 14.0 Å². The van der Waals surface area contributed by atoms with E-state index < -0.39 is 7.14 Å². The Kier molecular flexibility index (Phi) is 8.29. The molecule has 130 valence electrons. The molecule has 0 saturated heterocycles. The fourth-order valence-electron chi connectivity index (χ4n) is 2.11. The summed E-state index contributed by atoms with van der Waals surface area (Å²) >= 11 is 0. The molecule has 0 aromatic heterocycles. The highest BCUT2D eigenvalue weighted by Gasteiger charge is 2.24. The average molecular weight is 362 g/mol. The normalized spacial score (nSPS) is 9.96. The van der Waals surface area contributed by atoms with Crippen molar-refractivity contribution in [2.45, 2.75) is 0 Å². The summed E-state index contributed by atoms with van der Waals surface area (Å²) in [7, 11) is -3.01. The van der Waals surface area contributed by atoms with E-state index in [-0.39, 0.29) is 26.4 Å². The Labute approximate surface area is 155 Å². The van der Waals surface area contributed by atoms with Gasteiger partial charge in [0.2, 0.25) is 7.14 Å². The fraction of sp³-hybridized carbons (Fsp3) is 0.182. The van der Waals surface area contributed by atoms with Gasteiger partial charge in [-0.15, -0.1) is 6.42 Å². The quantitative estimate of drug-likeness (QED) is 0.450. The molecular formula is C22H19O3P. The summed E-state index contributed by atoms with van der Waals surface area (Å²) in [6.45, 7) is 0.907. The molecule has 2 aromatic rings. The van der Waals surface area contributed by atoms with E-state index in [1.807, 2.05) is 60.7 Å². The molecule has 0 aliphatic rings. The molecule has 0 heterocycles. The van der Waals surface area contributed by atoms with Crippen molar-refractivity contribution in [3.63, 3.8) is 0 Å². The van der Waals surface area contributed by atoms with E-state index in [2.05, 4.69) is 29.3 Å². The van der Waals surface area contributed by atoms with Crippen molar-refractivity contribution in [2.75, 3.05) is 26.4 Å². The van der Waals surface area contributed by atoms with Gasteiger partial charge in [0.25, 0.3) is 0 Å². The molecule has 2 aromatic carbocycles. The Morgan fingerprint density at radius 2 is 1.19 bits per heavy atom. The predicted molar refractivity (Wildman–Crippen MR) is 106 cm³/mol. The van der Waals surface area contributed by atoms with Crippen LogP contribution in [0.5, 0.6) is 0 Å². The summed E-state index contributed by atoms with van der Waals surface area (Å²) in [6.07, 6.45) is 5.06. The first-order valence-electron chi connectivity index (χ1n) is 8.03. The van der Waals surface area contributed by atoms with E-state index in [9.17, 15) is 4.57 Å². The molecule has 0 radical (unpaired) electrons. The van der Waals surface area contributed by atoms with Gasteiger partial charge in [-0.1, -0.05) is 84.3 Å². The molecule has 3 nitrogen and oxygen atoms in total. The highest BCUT2D eigenvalue weighted by atomic mass is 31.2. The maximum absolute atomic E-state index is 13.6. The minimum absolute atomic E-state index is 0.156.